The summed E-state index contributed by atoms with van der Waals surface area (Å²) in [4.78, 5) is 12.6. The van der Waals surface area contributed by atoms with Gasteiger partial charge in [0, 0.05) is 18.2 Å². The molecule has 3 N–H and O–H groups in total. The Hall–Kier alpha value is -3.74. The number of ether oxygens (including phenoxy) is 1. The molecule has 3 aromatic carbocycles. The maximum absolute atomic E-state index is 13.0. The van der Waals surface area contributed by atoms with Crippen molar-refractivity contribution in [2.75, 3.05) is 0 Å². The topological polar surface area (TPSA) is 100 Å². The van der Waals surface area contributed by atoms with Crippen molar-refractivity contribution in [1.29, 1.82) is 0 Å². The average Bonchev–Trinajstić information content (AvgIpc) is 2.61. The molecular weight excluding hydrogens is 355 g/mol. The summed E-state index contributed by atoms with van der Waals surface area (Å²) in [5.74, 6) is -1.26. The fourth-order valence-corrected chi connectivity index (χ4v) is 2.82. The van der Waals surface area contributed by atoms with Gasteiger partial charge in [-0.1, -0.05) is 12.1 Å². The van der Waals surface area contributed by atoms with Crippen LogP contribution in [0.1, 0.15) is 5.56 Å². The van der Waals surface area contributed by atoms with Crippen LogP contribution in [0.25, 0.3) is 21.9 Å². The molecule has 0 radical (unpaired) electrons. The molecule has 0 aliphatic rings. The lowest BCUT2D eigenvalue weighted by Crippen LogP contribution is -2.03. The van der Waals surface area contributed by atoms with Crippen molar-refractivity contribution in [2.45, 2.75) is 6.61 Å². The van der Waals surface area contributed by atoms with Gasteiger partial charge in [-0.2, -0.15) is 0 Å². The molecule has 0 unspecified atom stereocenters. The summed E-state index contributed by atoms with van der Waals surface area (Å²) in [5, 5.41) is 29.6. The number of aromatic hydroxyl groups is 3. The molecule has 136 valence electrons. The highest BCUT2D eigenvalue weighted by Crippen LogP contribution is 2.35. The molecule has 0 saturated heterocycles. The van der Waals surface area contributed by atoms with Gasteiger partial charge in [0.25, 0.3) is 0 Å². The average molecular weight is 368 g/mol. The Morgan fingerprint density at radius 3 is 2.41 bits per heavy atom. The Labute approximate surface area is 151 Å². The van der Waals surface area contributed by atoms with Crippen LogP contribution in [0, 0.1) is 5.82 Å². The molecule has 0 amide bonds. The second-order valence-corrected chi connectivity index (χ2v) is 6.00. The summed E-state index contributed by atoms with van der Waals surface area (Å²) >= 11 is 0. The number of phenols is 3. The van der Waals surface area contributed by atoms with Gasteiger partial charge in [-0.15, -0.1) is 0 Å². The molecule has 4 aromatic rings. The van der Waals surface area contributed by atoms with Gasteiger partial charge < -0.3 is 24.5 Å². The van der Waals surface area contributed by atoms with Crippen molar-refractivity contribution in [3.63, 3.8) is 0 Å². The van der Waals surface area contributed by atoms with Crippen molar-refractivity contribution in [3.05, 3.63) is 70.1 Å². The van der Waals surface area contributed by atoms with Gasteiger partial charge in [-0.25, -0.2) is 4.39 Å². The van der Waals surface area contributed by atoms with Gasteiger partial charge in [0.05, 0.1) is 5.39 Å². The van der Waals surface area contributed by atoms with Gasteiger partial charge in [0.15, 0.2) is 11.5 Å². The van der Waals surface area contributed by atoms with E-state index in [1.165, 1.54) is 30.3 Å². The standard InChI is InChI=1S/C20H13FO6/c21-11-3-1-10(2-4-11)9-26-17-8-16-13(7-14(17)23)20(25)19-15(24)5-12(22)6-18(19)27-16/h1-8,22-24H,9H2. The first kappa shape index (κ1) is 16.7. The van der Waals surface area contributed by atoms with E-state index in [1.54, 1.807) is 12.1 Å². The SMILES string of the molecule is O=c1c2cc(O)c(OCc3ccc(F)cc3)cc2oc2cc(O)cc(O)c12. The highest BCUT2D eigenvalue weighted by molar-refractivity contribution is 5.94. The van der Waals surface area contributed by atoms with E-state index < -0.39 is 11.2 Å². The summed E-state index contributed by atoms with van der Waals surface area (Å²) in [6.45, 7) is 0.0682. The molecule has 0 fully saturated rings. The van der Waals surface area contributed by atoms with Gasteiger partial charge in [0.1, 0.15) is 40.5 Å². The minimum Gasteiger partial charge on any atom is -0.508 e. The van der Waals surface area contributed by atoms with Crippen LogP contribution in [0.2, 0.25) is 0 Å². The zero-order valence-electron chi connectivity index (χ0n) is 13.8. The smallest absolute Gasteiger partial charge is 0.204 e. The molecule has 1 aromatic heterocycles. The largest absolute Gasteiger partial charge is 0.508 e. The first-order valence-electron chi connectivity index (χ1n) is 7.95. The Morgan fingerprint density at radius 2 is 1.67 bits per heavy atom. The Bertz CT molecular complexity index is 1230. The monoisotopic (exact) mass is 368 g/mol. The fraction of sp³-hybridized carbons (Fsp3) is 0.0500. The van der Waals surface area contributed by atoms with Crippen LogP contribution in [0.5, 0.6) is 23.0 Å². The quantitative estimate of drug-likeness (QED) is 0.476. The van der Waals surface area contributed by atoms with Crippen LogP contribution in [-0.2, 0) is 6.61 Å². The highest BCUT2D eigenvalue weighted by atomic mass is 19.1. The Kier molecular flexibility index (Phi) is 3.84. The van der Waals surface area contributed by atoms with Gasteiger partial charge in [-0.3, -0.25) is 4.79 Å². The molecule has 4 rings (SSSR count). The number of fused-ring (bicyclic) bond motifs is 2. The summed E-state index contributed by atoms with van der Waals surface area (Å²) in [6, 6.07) is 10.5. The predicted octanol–water partition coefficient (Wildman–Crippen LogP) is 3.78. The summed E-state index contributed by atoms with van der Waals surface area (Å²) in [5.41, 5.74) is 0.249. The van der Waals surface area contributed by atoms with Crippen molar-refractivity contribution >= 4 is 21.9 Å². The second kappa shape index (κ2) is 6.21. The van der Waals surface area contributed by atoms with Crippen molar-refractivity contribution in [3.8, 4) is 23.0 Å². The molecule has 1 heterocycles. The van der Waals surface area contributed by atoms with E-state index in [-0.39, 0.29) is 51.6 Å². The van der Waals surface area contributed by atoms with E-state index in [9.17, 15) is 24.5 Å². The van der Waals surface area contributed by atoms with E-state index in [1.807, 2.05) is 0 Å². The molecular formula is C20H13FO6. The molecule has 0 aliphatic heterocycles. The van der Waals surface area contributed by atoms with E-state index in [0.717, 1.165) is 6.07 Å². The van der Waals surface area contributed by atoms with Crippen molar-refractivity contribution in [1.82, 2.24) is 0 Å². The number of benzene rings is 3. The number of rotatable bonds is 3. The van der Waals surface area contributed by atoms with E-state index in [4.69, 9.17) is 9.15 Å². The van der Waals surface area contributed by atoms with E-state index >= 15 is 0 Å². The lowest BCUT2D eigenvalue weighted by atomic mass is 10.1. The Morgan fingerprint density at radius 1 is 0.926 bits per heavy atom. The van der Waals surface area contributed by atoms with Crippen LogP contribution in [0.4, 0.5) is 4.39 Å². The minimum atomic E-state index is -0.552. The minimum absolute atomic E-state index is 0.000161. The lowest BCUT2D eigenvalue weighted by molar-refractivity contribution is 0.289. The van der Waals surface area contributed by atoms with Crippen LogP contribution >= 0.6 is 0 Å². The first-order valence-corrected chi connectivity index (χ1v) is 7.95. The maximum Gasteiger partial charge on any atom is 0.204 e. The first-order chi connectivity index (χ1) is 12.9. The number of phenolic OH excluding ortho intramolecular Hbond substituents is 3. The van der Waals surface area contributed by atoms with Gasteiger partial charge in [-0.05, 0) is 23.8 Å². The molecule has 7 heteroatoms. The lowest BCUT2D eigenvalue weighted by Gasteiger charge is -2.10. The number of hydrogen-bond acceptors (Lipinski definition) is 6. The molecule has 0 atom stereocenters. The van der Waals surface area contributed by atoms with E-state index in [2.05, 4.69) is 0 Å². The van der Waals surface area contributed by atoms with Crippen LogP contribution in [0.3, 0.4) is 0 Å². The third kappa shape index (κ3) is 2.99. The Balaban J connectivity index is 1.79. The molecule has 0 saturated carbocycles. The summed E-state index contributed by atoms with van der Waals surface area (Å²) < 4.78 is 24.1. The van der Waals surface area contributed by atoms with Gasteiger partial charge in [0.2, 0.25) is 5.43 Å². The summed E-state index contributed by atoms with van der Waals surface area (Å²) in [6.07, 6.45) is 0. The fourth-order valence-electron chi connectivity index (χ4n) is 2.82. The molecule has 0 aliphatic carbocycles. The zero-order valence-corrected chi connectivity index (χ0v) is 13.8. The maximum atomic E-state index is 13.0. The number of halogens is 1. The van der Waals surface area contributed by atoms with Gasteiger partial charge >= 0.3 is 0 Å². The van der Waals surface area contributed by atoms with Crippen molar-refractivity contribution in [2.24, 2.45) is 0 Å². The second-order valence-electron chi connectivity index (χ2n) is 6.00. The zero-order chi connectivity index (χ0) is 19.1. The molecule has 0 bridgehead atoms. The van der Waals surface area contributed by atoms with Crippen LogP contribution < -0.4 is 10.2 Å². The third-order valence-electron chi connectivity index (χ3n) is 4.13. The van der Waals surface area contributed by atoms with Crippen molar-refractivity contribution < 1.29 is 28.9 Å². The molecule has 0 spiro atoms. The molecule has 27 heavy (non-hydrogen) atoms. The summed E-state index contributed by atoms with van der Waals surface area (Å²) in [7, 11) is 0. The normalized spacial score (nSPS) is 11.1. The van der Waals surface area contributed by atoms with E-state index in [0.29, 0.717) is 5.56 Å². The third-order valence-corrected chi connectivity index (χ3v) is 4.13. The molecule has 6 nitrogen and oxygen atoms in total. The van der Waals surface area contributed by atoms with Crippen LogP contribution in [0.15, 0.2) is 57.7 Å². The predicted molar refractivity (Wildman–Crippen MR) is 95.7 cm³/mol. The number of hydrogen-bond donors (Lipinski definition) is 3. The highest BCUT2D eigenvalue weighted by Gasteiger charge is 2.16. The van der Waals surface area contributed by atoms with Crippen LogP contribution in [-0.4, -0.2) is 15.3 Å².